The molecule has 1 atom stereocenters. The number of benzene rings is 1. The number of hydrogen-bond acceptors (Lipinski definition) is 2. The summed E-state index contributed by atoms with van der Waals surface area (Å²) in [5.74, 6) is 1.34. The molecule has 0 radical (unpaired) electrons. The zero-order chi connectivity index (χ0) is 14.5. The highest BCUT2D eigenvalue weighted by Crippen LogP contribution is 2.36. The molecule has 0 amide bonds. The third-order valence-electron chi connectivity index (χ3n) is 3.81. The van der Waals surface area contributed by atoms with Gasteiger partial charge in [0.2, 0.25) is 0 Å². The van der Waals surface area contributed by atoms with Crippen LogP contribution in [0.5, 0.6) is 5.75 Å². The third-order valence-corrected chi connectivity index (χ3v) is 8.31. The Hall–Kier alpha value is -0.803. The zero-order valence-electron chi connectivity index (χ0n) is 13.2. The van der Waals surface area contributed by atoms with E-state index in [0.717, 1.165) is 12.4 Å². The van der Waals surface area contributed by atoms with Crippen LogP contribution in [0, 0.1) is 5.92 Å². The molecule has 3 heteroatoms. The smallest absolute Gasteiger partial charge is 0.191 e. The van der Waals surface area contributed by atoms with Crippen LogP contribution in [0.4, 0.5) is 0 Å². The molecule has 0 aromatic heterocycles. The fourth-order valence-electron chi connectivity index (χ4n) is 1.37. The molecule has 2 nitrogen and oxygen atoms in total. The summed E-state index contributed by atoms with van der Waals surface area (Å²) in [6.45, 7) is 15.0. The summed E-state index contributed by atoms with van der Waals surface area (Å²) in [6, 6.07) is 9.96. The second kappa shape index (κ2) is 6.57. The third kappa shape index (κ3) is 5.37. The van der Waals surface area contributed by atoms with Crippen molar-refractivity contribution >= 4 is 8.32 Å². The summed E-state index contributed by atoms with van der Waals surface area (Å²) in [6.07, 6.45) is 0. The molecular weight excluding hydrogens is 252 g/mol. The highest BCUT2D eigenvalue weighted by atomic mass is 28.4. The molecule has 19 heavy (non-hydrogen) atoms. The normalized spacial score (nSPS) is 14.2. The van der Waals surface area contributed by atoms with Crippen LogP contribution in [-0.2, 0) is 4.43 Å². The fourth-order valence-corrected chi connectivity index (χ4v) is 2.50. The average Bonchev–Trinajstić information content (AvgIpc) is 2.34. The summed E-state index contributed by atoms with van der Waals surface area (Å²) in [7, 11) is -1.63. The van der Waals surface area contributed by atoms with Gasteiger partial charge in [0.1, 0.15) is 5.75 Å². The molecule has 0 aliphatic heterocycles. The van der Waals surface area contributed by atoms with E-state index in [4.69, 9.17) is 9.16 Å². The van der Waals surface area contributed by atoms with Crippen LogP contribution in [0.1, 0.15) is 27.7 Å². The number of ether oxygens (including phenoxy) is 1. The Morgan fingerprint density at radius 1 is 1.05 bits per heavy atom. The van der Waals surface area contributed by atoms with Crippen LogP contribution in [0.25, 0.3) is 0 Å². The largest absolute Gasteiger partial charge is 0.493 e. The van der Waals surface area contributed by atoms with Gasteiger partial charge in [-0.05, 0) is 30.3 Å². The van der Waals surface area contributed by atoms with Crippen LogP contribution in [0.2, 0.25) is 18.1 Å². The van der Waals surface area contributed by atoms with Crippen LogP contribution in [-0.4, -0.2) is 21.5 Å². The minimum absolute atomic E-state index is 0.271. The molecule has 0 spiro atoms. The second-order valence-electron chi connectivity index (χ2n) is 6.80. The maximum Gasteiger partial charge on any atom is 0.191 e. The van der Waals surface area contributed by atoms with Crippen LogP contribution >= 0.6 is 0 Å². The van der Waals surface area contributed by atoms with Gasteiger partial charge < -0.3 is 9.16 Å². The Kier molecular flexibility index (Phi) is 5.62. The van der Waals surface area contributed by atoms with E-state index in [0.29, 0.717) is 12.5 Å². The van der Waals surface area contributed by atoms with Crippen molar-refractivity contribution in [1.29, 1.82) is 0 Å². The first kappa shape index (κ1) is 16.3. The minimum atomic E-state index is -1.63. The van der Waals surface area contributed by atoms with Gasteiger partial charge in [0.15, 0.2) is 8.32 Å². The molecule has 0 saturated heterocycles. The molecule has 0 unspecified atom stereocenters. The number of rotatable bonds is 6. The molecule has 1 aromatic rings. The summed E-state index contributed by atoms with van der Waals surface area (Å²) >= 11 is 0. The lowest BCUT2D eigenvalue weighted by Crippen LogP contribution is -2.42. The summed E-state index contributed by atoms with van der Waals surface area (Å²) in [4.78, 5) is 0. The fraction of sp³-hybridized carbons (Fsp3) is 0.625. The number of hydrogen-bond donors (Lipinski definition) is 0. The Bertz CT molecular complexity index is 368. The van der Waals surface area contributed by atoms with E-state index in [1.165, 1.54) is 0 Å². The summed E-state index contributed by atoms with van der Waals surface area (Å²) < 4.78 is 12.0. The van der Waals surface area contributed by atoms with Gasteiger partial charge in [-0.25, -0.2) is 0 Å². The van der Waals surface area contributed by atoms with Crippen molar-refractivity contribution in [3.63, 3.8) is 0 Å². The van der Waals surface area contributed by atoms with Gasteiger partial charge in [-0.1, -0.05) is 45.9 Å². The molecule has 1 rings (SSSR count). The highest BCUT2D eigenvalue weighted by molar-refractivity contribution is 6.74. The molecule has 0 aliphatic carbocycles. The van der Waals surface area contributed by atoms with Crippen molar-refractivity contribution in [2.24, 2.45) is 5.92 Å². The predicted molar refractivity (Wildman–Crippen MR) is 84.3 cm³/mol. The van der Waals surface area contributed by atoms with Gasteiger partial charge in [-0.3, -0.25) is 0 Å². The van der Waals surface area contributed by atoms with E-state index in [2.05, 4.69) is 40.8 Å². The van der Waals surface area contributed by atoms with E-state index in [9.17, 15) is 0 Å². The van der Waals surface area contributed by atoms with Gasteiger partial charge in [0.25, 0.3) is 0 Å². The Labute approximate surface area is 119 Å². The van der Waals surface area contributed by atoms with E-state index >= 15 is 0 Å². The lowest BCUT2D eigenvalue weighted by atomic mass is 10.2. The maximum absolute atomic E-state index is 6.20. The summed E-state index contributed by atoms with van der Waals surface area (Å²) in [5, 5.41) is 0.271. The van der Waals surface area contributed by atoms with E-state index in [1.54, 1.807) is 0 Å². The van der Waals surface area contributed by atoms with Crippen molar-refractivity contribution in [2.75, 3.05) is 13.2 Å². The molecule has 108 valence electrons. The van der Waals surface area contributed by atoms with Crippen molar-refractivity contribution in [2.45, 2.75) is 45.8 Å². The van der Waals surface area contributed by atoms with Crippen LogP contribution in [0.15, 0.2) is 30.3 Å². The van der Waals surface area contributed by atoms with Gasteiger partial charge in [0.05, 0.1) is 6.61 Å². The molecule has 0 fully saturated rings. The highest BCUT2D eigenvalue weighted by Gasteiger charge is 2.37. The van der Waals surface area contributed by atoms with Gasteiger partial charge in [-0.2, -0.15) is 0 Å². The first-order valence-corrected chi connectivity index (χ1v) is 9.95. The molecule has 0 N–H and O–H groups in total. The van der Waals surface area contributed by atoms with Crippen molar-refractivity contribution in [3.05, 3.63) is 30.3 Å². The zero-order valence-corrected chi connectivity index (χ0v) is 14.2. The topological polar surface area (TPSA) is 18.5 Å². The molecule has 1 aromatic carbocycles. The van der Waals surface area contributed by atoms with Crippen molar-refractivity contribution in [1.82, 2.24) is 0 Å². The monoisotopic (exact) mass is 280 g/mol. The maximum atomic E-state index is 6.20. The van der Waals surface area contributed by atoms with Crippen molar-refractivity contribution < 1.29 is 9.16 Å². The van der Waals surface area contributed by atoms with Gasteiger partial charge >= 0.3 is 0 Å². The van der Waals surface area contributed by atoms with Crippen LogP contribution in [0.3, 0.4) is 0 Å². The predicted octanol–water partition coefficient (Wildman–Crippen LogP) is 4.72. The van der Waals surface area contributed by atoms with Crippen molar-refractivity contribution in [3.8, 4) is 5.75 Å². The first-order chi connectivity index (χ1) is 8.72. The minimum Gasteiger partial charge on any atom is -0.493 e. The van der Waals surface area contributed by atoms with Gasteiger partial charge in [0, 0.05) is 12.5 Å². The molecular formula is C16H28O2Si. The standard InChI is InChI=1S/C16H28O2Si/c1-14(12-17-15-10-8-7-9-11-15)13-18-19(5,6)16(2,3)4/h7-11,14H,12-13H2,1-6H3/t14-/m0/s1. The van der Waals surface area contributed by atoms with Gasteiger partial charge in [-0.15, -0.1) is 0 Å². The average molecular weight is 280 g/mol. The second-order valence-corrected chi connectivity index (χ2v) is 11.6. The Balaban J connectivity index is 2.34. The quantitative estimate of drug-likeness (QED) is 0.702. The first-order valence-electron chi connectivity index (χ1n) is 7.04. The SMILES string of the molecule is C[C@@H](COc1ccccc1)CO[Si](C)(C)C(C)(C)C. The molecule has 0 aliphatic rings. The van der Waals surface area contributed by atoms with E-state index in [1.807, 2.05) is 30.3 Å². The molecule has 0 bridgehead atoms. The molecule has 0 heterocycles. The molecule has 0 saturated carbocycles. The lowest BCUT2D eigenvalue weighted by Gasteiger charge is -2.37. The van der Waals surface area contributed by atoms with E-state index in [-0.39, 0.29) is 5.04 Å². The Morgan fingerprint density at radius 2 is 1.63 bits per heavy atom. The van der Waals surface area contributed by atoms with E-state index < -0.39 is 8.32 Å². The van der Waals surface area contributed by atoms with Crippen LogP contribution < -0.4 is 4.74 Å². The lowest BCUT2D eigenvalue weighted by molar-refractivity contribution is 0.177. The summed E-state index contributed by atoms with van der Waals surface area (Å²) in [5.41, 5.74) is 0. The number of para-hydroxylation sites is 1. The Morgan fingerprint density at radius 3 is 2.16 bits per heavy atom.